The Hall–Kier alpha value is -2.94. The van der Waals surface area contributed by atoms with Gasteiger partial charge in [-0.1, -0.05) is 54.6 Å². The first-order chi connectivity index (χ1) is 10.7. The summed E-state index contributed by atoms with van der Waals surface area (Å²) in [5, 5.41) is 17.5. The number of benzene rings is 4. The maximum Gasteiger partial charge on any atom is 0.280 e. The van der Waals surface area contributed by atoms with Gasteiger partial charge in [0.1, 0.15) is 0 Å². The summed E-state index contributed by atoms with van der Waals surface area (Å²) in [5.74, 6) is 0. The lowest BCUT2D eigenvalue weighted by atomic mass is 9.92. The normalized spacial score (nSPS) is 11.3. The van der Waals surface area contributed by atoms with Gasteiger partial charge < -0.3 is 0 Å². The highest BCUT2D eigenvalue weighted by Crippen LogP contribution is 2.40. The SMILES string of the molecule is Cc1c([N+](=O)[O-])c2ccccc2c2ccc3ccccc3c12. The fourth-order valence-corrected chi connectivity index (χ4v) is 3.38. The lowest BCUT2D eigenvalue weighted by Gasteiger charge is -2.11. The van der Waals surface area contributed by atoms with Crippen LogP contribution in [0.1, 0.15) is 5.56 Å². The van der Waals surface area contributed by atoms with Crippen LogP contribution in [-0.4, -0.2) is 4.92 Å². The summed E-state index contributed by atoms with van der Waals surface area (Å²) in [7, 11) is 0. The van der Waals surface area contributed by atoms with Gasteiger partial charge in [-0.15, -0.1) is 0 Å². The zero-order chi connectivity index (χ0) is 15.3. The van der Waals surface area contributed by atoms with Crippen LogP contribution in [0, 0.1) is 17.0 Å². The van der Waals surface area contributed by atoms with E-state index in [0.717, 1.165) is 32.5 Å². The van der Waals surface area contributed by atoms with Crippen molar-refractivity contribution in [3.63, 3.8) is 0 Å². The number of rotatable bonds is 1. The third kappa shape index (κ3) is 1.62. The molecule has 0 saturated carbocycles. The smallest absolute Gasteiger partial charge is 0.258 e. The number of hydrogen-bond donors (Lipinski definition) is 0. The van der Waals surface area contributed by atoms with E-state index in [1.54, 1.807) is 0 Å². The van der Waals surface area contributed by atoms with Gasteiger partial charge in [0.15, 0.2) is 0 Å². The Kier molecular flexibility index (Phi) is 2.63. The molecule has 0 aromatic heterocycles. The molecule has 0 N–H and O–H groups in total. The minimum absolute atomic E-state index is 0.208. The third-order valence-electron chi connectivity index (χ3n) is 4.31. The molecule has 0 aliphatic rings. The molecule has 106 valence electrons. The van der Waals surface area contributed by atoms with Crippen molar-refractivity contribution in [1.82, 2.24) is 0 Å². The Morgan fingerprint density at radius 2 is 1.41 bits per heavy atom. The van der Waals surface area contributed by atoms with Gasteiger partial charge in [-0.25, -0.2) is 0 Å². The Bertz CT molecular complexity index is 1070. The lowest BCUT2D eigenvalue weighted by molar-refractivity contribution is -0.383. The number of nitro groups is 1. The predicted molar refractivity (Wildman–Crippen MR) is 90.4 cm³/mol. The Balaban J connectivity index is 2.39. The maximum absolute atomic E-state index is 11.6. The number of nitro benzene ring substituents is 1. The predicted octanol–water partition coefficient (Wildman–Crippen LogP) is 5.36. The molecule has 4 rings (SSSR count). The Morgan fingerprint density at radius 1 is 0.773 bits per heavy atom. The Morgan fingerprint density at radius 3 is 2.14 bits per heavy atom. The van der Waals surface area contributed by atoms with Crippen LogP contribution in [0.2, 0.25) is 0 Å². The molecule has 4 aromatic rings. The highest BCUT2D eigenvalue weighted by molar-refractivity contribution is 6.21. The van der Waals surface area contributed by atoms with Crippen LogP contribution in [0.15, 0.2) is 60.7 Å². The first-order valence-corrected chi connectivity index (χ1v) is 7.15. The summed E-state index contributed by atoms with van der Waals surface area (Å²) >= 11 is 0. The number of nitrogens with zero attached hydrogens (tertiary/aromatic N) is 1. The van der Waals surface area contributed by atoms with Gasteiger partial charge in [-0.3, -0.25) is 10.1 Å². The monoisotopic (exact) mass is 287 g/mol. The molecule has 0 heterocycles. The van der Waals surface area contributed by atoms with Gasteiger partial charge in [-0.2, -0.15) is 0 Å². The first kappa shape index (κ1) is 12.8. The van der Waals surface area contributed by atoms with Gasteiger partial charge in [0, 0.05) is 5.56 Å². The molecule has 0 aliphatic heterocycles. The zero-order valence-corrected chi connectivity index (χ0v) is 12.0. The van der Waals surface area contributed by atoms with Crippen LogP contribution in [0.25, 0.3) is 32.3 Å². The topological polar surface area (TPSA) is 43.1 Å². The van der Waals surface area contributed by atoms with E-state index in [-0.39, 0.29) is 10.6 Å². The van der Waals surface area contributed by atoms with E-state index in [0.29, 0.717) is 5.39 Å². The number of hydrogen-bond acceptors (Lipinski definition) is 2. The summed E-state index contributed by atoms with van der Waals surface area (Å²) in [4.78, 5) is 11.4. The molecule has 0 unspecified atom stereocenters. The maximum atomic E-state index is 11.6. The van der Waals surface area contributed by atoms with E-state index in [1.807, 2.05) is 55.5 Å². The molecule has 0 fully saturated rings. The zero-order valence-electron chi connectivity index (χ0n) is 12.0. The van der Waals surface area contributed by atoms with E-state index in [2.05, 4.69) is 12.1 Å². The molecular formula is C19H13NO2. The summed E-state index contributed by atoms with van der Waals surface area (Å²) in [6.07, 6.45) is 0. The minimum atomic E-state index is -0.265. The van der Waals surface area contributed by atoms with Crippen molar-refractivity contribution >= 4 is 38.0 Å². The third-order valence-corrected chi connectivity index (χ3v) is 4.31. The molecule has 0 atom stereocenters. The summed E-state index contributed by atoms with van der Waals surface area (Å²) < 4.78 is 0. The van der Waals surface area contributed by atoms with Crippen LogP contribution >= 0.6 is 0 Å². The molecule has 0 saturated heterocycles. The molecule has 0 spiro atoms. The van der Waals surface area contributed by atoms with Crippen molar-refractivity contribution in [3.05, 3.63) is 76.3 Å². The quantitative estimate of drug-likeness (QED) is 0.268. The lowest BCUT2D eigenvalue weighted by Crippen LogP contribution is -1.95. The molecule has 0 amide bonds. The molecular weight excluding hydrogens is 274 g/mol. The molecule has 0 radical (unpaired) electrons. The number of fused-ring (bicyclic) bond motifs is 5. The van der Waals surface area contributed by atoms with Crippen LogP contribution in [-0.2, 0) is 0 Å². The molecule has 3 nitrogen and oxygen atoms in total. The van der Waals surface area contributed by atoms with Gasteiger partial charge in [-0.05, 0) is 39.9 Å². The summed E-state index contributed by atoms with van der Waals surface area (Å²) in [6.45, 7) is 1.85. The van der Waals surface area contributed by atoms with E-state index in [1.165, 1.54) is 0 Å². The van der Waals surface area contributed by atoms with Crippen molar-refractivity contribution in [2.24, 2.45) is 0 Å². The fourth-order valence-electron chi connectivity index (χ4n) is 3.38. The molecule has 22 heavy (non-hydrogen) atoms. The largest absolute Gasteiger partial charge is 0.280 e. The van der Waals surface area contributed by atoms with Crippen LogP contribution in [0.4, 0.5) is 5.69 Å². The van der Waals surface area contributed by atoms with Gasteiger partial charge >= 0.3 is 0 Å². The Labute approximate surface area is 126 Å². The fraction of sp³-hybridized carbons (Fsp3) is 0.0526. The molecule has 4 aromatic carbocycles. The van der Waals surface area contributed by atoms with E-state index >= 15 is 0 Å². The van der Waals surface area contributed by atoms with Crippen molar-refractivity contribution in [3.8, 4) is 0 Å². The summed E-state index contributed by atoms with van der Waals surface area (Å²) in [5.41, 5.74) is 0.940. The van der Waals surface area contributed by atoms with Crippen LogP contribution in [0.5, 0.6) is 0 Å². The second kappa shape index (κ2) is 4.53. The average molecular weight is 287 g/mol. The van der Waals surface area contributed by atoms with E-state index < -0.39 is 0 Å². The highest BCUT2D eigenvalue weighted by atomic mass is 16.6. The molecule has 3 heteroatoms. The standard InChI is InChI=1S/C19H13NO2/c1-12-18-14-7-3-2-6-13(14)10-11-16(18)15-8-4-5-9-17(15)19(12)20(21)22/h2-11H,1H3. The van der Waals surface area contributed by atoms with E-state index in [9.17, 15) is 10.1 Å². The van der Waals surface area contributed by atoms with Crippen LogP contribution < -0.4 is 0 Å². The van der Waals surface area contributed by atoms with Gasteiger partial charge in [0.2, 0.25) is 0 Å². The number of aryl methyl sites for hydroxylation is 1. The second-order valence-corrected chi connectivity index (χ2v) is 5.49. The van der Waals surface area contributed by atoms with E-state index in [4.69, 9.17) is 0 Å². The van der Waals surface area contributed by atoms with Crippen molar-refractivity contribution in [2.75, 3.05) is 0 Å². The van der Waals surface area contributed by atoms with Crippen molar-refractivity contribution in [2.45, 2.75) is 6.92 Å². The first-order valence-electron chi connectivity index (χ1n) is 7.15. The highest BCUT2D eigenvalue weighted by Gasteiger charge is 2.20. The minimum Gasteiger partial charge on any atom is -0.258 e. The van der Waals surface area contributed by atoms with Crippen molar-refractivity contribution in [1.29, 1.82) is 0 Å². The average Bonchev–Trinajstić information content (AvgIpc) is 2.54. The second-order valence-electron chi connectivity index (χ2n) is 5.49. The summed E-state index contributed by atoms with van der Waals surface area (Å²) in [6, 6.07) is 19.7. The van der Waals surface area contributed by atoms with Gasteiger partial charge in [0.05, 0.1) is 10.3 Å². The van der Waals surface area contributed by atoms with Crippen molar-refractivity contribution < 1.29 is 4.92 Å². The van der Waals surface area contributed by atoms with Gasteiger partial charge in [0.25, 0.3) is 5.69 Å². The molecule has 0 bridgehead atoms. The van der Waals surface area contributed by atoms with Crippen LogP contribution in [0.3, 0.4) is 0 Å². The molecule has 0 aliphatic carbocycles.